The zero-order valence-electron chi connectivity index (χ0n) is 11.7. The summed E-state index contributed by atoms with van der Waals surface area (Å²) in [6.45, 7) is 0. The van der Waals surface area contributed by atoms with Crippen molar-refractivity contribution in [2.24, 2.45) is 0 Å². The third-order valence-corrected chi connectivity index (χ3v) is 2.10. The van der Waals surface area contributed by atoms with Gasteiger partial charge in [-0.3, -0.25) is 24.3 Å². The van der Waals surface area contributed by atoms with Crippen LogP contribution in [0.25, 0.3) is 11.5 Å². The Labute approximate surface area is 153 Å². The van der Waals surface area contributed by atoms with Gasteiger partial charge in [0.25, 0.3) is 0 Å². The van der Waals surface area contributed by atoms with E-state index >= 15 is 0 Å². The molecule has 0 saturated heterocycles. The molecule has 0 fully saturated rings. The Balaban J connectivity index is 0. The number of rotatable bonds is 0. The Morgan fingerprint density at radius 2 is 0.773 bits per heavy atom. The van der Waals surface area contributed by atoms with E-state index in [0.29, 0.717) is 11.4 Å². The van der Waals surface area contributed by atoms with Gasteiger partial charge in [0, 0.05) is 0 Å². The normalized spacial score (nSPS) is 7.64. The van der Waals surface area contributed by atoms with Crippen LogP contribution < -0.4 is 0 Å². The van der Waals surface area contributed by atoms with Crippen molar-refractivity contribution in [1.82, 2.24) is 0 Å². The zero-order chi connectivity index (χ0) is 14.5. The van der Waals surface area contributed by atoms with Gasteiger partial charge in [0.15, 0.2) is 0 Å². The van der Waals surface area contributed by atoms with Crippen LogP contribution in [-0.4, -0.2) is 0 Å². The number of benzene rings is 3. The molecule has 0 heterocycles. The van der Waals surface area contributed by atoms with Crippen molar-refractivity contribution in [2.45, 2.75) is 0 Å². The van der Waals surface area contributed by atoms with Crippen molar-refractivity contribution in [3.63, 3.8) is 0 Å². The second-order valence-corrected chi connectivity index (χ2v) is 3.73. The molecule has 0 aliphatic carbocycles. The van der Waals surface area contributed by atoms with Crippen molar-refractivity contribution in [2.75, 3.05) is 0 Å². The maximum atomic E-state index is 7.00. The zero-order valence-corrected chi connectivity index (χ0v) is 13.8. The molecule has 116 valence electrons. The van der Waals surface area contributed by atoms with E-state index in [9.17, 15) is 0 Å². The molecule has 2 radical (unpaired) electrons. The summed E-state index contributed by atoms with van der Waals surface area (Å²) in [7, 11) is 0. The van der Waals surface area contributed by atoms with Crippen LogP contribution in [0.2, 0.25) is 0 Å². The van der Waals surface area contributed by atoms with Gasteiger partial charge in [0.05, 0.1) is 0 Å². The quantitative estimate of drug-likeness (QED) is 0.430. The summed E-state index contributed by atoms with van der Waals surface area (Å²) in [5, 5.41) is 0. The number of hydrogen-bond donors (Lipinski definition) is 0. The first-order chi connectivity index (χ1) is 9.79. The van der Waals surface area contributed by atoms with Crippen LogP contribution in [0.4, 0.5) is 11.4 Å². The molecule has 3 rings (SSSR count). The van der Waals surface area contributed by atoms with E-state index in [-0.39, 0.29) is 33.6 Å². The van der Waals surface area contributed by atoms with Gasteiger partial charge in [-0.15, -0.1) is 11.4 Å². The van der Waals surface area contributed by atoms with E-state index < -0.39 is 0 Å². The van der Waals surface area contributed by atoms with Crippen LogP contribution in [0.1, 0.15) is 0 Å². The summed E-state index contributed by atoms with van der Waals surface area (Å²) in [5.74, 6) is 0. The van der Waals surface area contributed by atoms with Crippen LogP contribution in [0.5, 0.6) is 0 Å². The molecule has 2 N–H and O–H groups in total. The van der Waals surface area contributed by atoms with Crippen LogP contribution in [0.15, 0.2) is 84.9 Å². The standard InChI is InChI=1S/2C6H6N.C6H4.2Co/c2*7-6-4-2-1-3-5-6;1-2-4-6-5-3-1;;/h2*1-5,7H;1-2,5-6H;;/q2*-1;-2;2*+2. The van der Waals surface area contributed by atoms with E-state index in [1.165, 1.54) is 0 Å². The first kappa shape index (κ1) is 22.6. The third-order valence-electron chi connectivity index (χ3n) is 2.10. The van der Waals surface area contributed by atoms with E-state index in [2.05, 4.69) is 12.1 Å². The van der Waals surface area contributed by atoms with E-state index in [4.69, 9.17) is 11.5 Å². The summed E-state index contributed by atoms with van der Waals surface area (Å²) >= 11 is 0. The van der Waals surface area contributed by atoms with Gasteiger partial charge in [-0.05, 0) is 0 Å². The monoisotopic (exact) mass is 378 g/mol. The molecule has 22 heavy (non-hydrogen) atoms. The molecular formula is C18H16Co2N2. The Kier molecular flexibility index (Phi) is 16.1. The smallest absolute Gasteiger partial charge is 0.699 e. The van der Waals surface area contributed by atoms with Gasteiger partial charge < -0.3 is 23.6 Å². The minimum atomic E-state index is 0. The summed E-state index contributed by atoms with van der Waals surface area (Å²) in [5.41, 5.74) is 15.1. The summed E-state index contributed by atoms with van der Waals surface area (Å²) < 4.78 is 0. The predicted octanol–water partition coefficient (Wildman–Crippen LogP) is 6.02. The largest absolute Gasteiger partial charge is 2.00 e. The molecule has 0 aliphatic heterocycles. The maximum Gasteiger partial charge on any atom is 2.00 e. The van der Waals surface area contributed by atoms with Crippen LogP contribution in [0.3, 0.4) is 0 Å². The molecule has 0 amide bonds. The van der Waals surface area contributed by atoms with E-state index in [1.54, 1.807) is 24.3 Å². The van der Waals surface area contributed by atoms with Crippen molar-refractivity contribution >= 4 is 11.4 Å². The van der Waals surface area contributed by atoms with Gasteiger partial charge in [0.2, 0.25) is 0 Å². The van der Waals surface area contributed by atoms with Crippen LogP contribution >= 0.6 is 0 Å². The Morgan fingerprint density at radius 3 is 0.909 bits per heavy atom. The maximum absolute atomic E-state index is 7.00. The molecule has 0 saturated carbocycles. The van der Waals surface area contributed by atoms with E-state index in [0.717, 1.165) is 0 Å². The first-order valence-corrected chi connectivity index (χ1v) is 6.14. The minimum Gasteiger partial charge on any atom is -0.699 e. The van der Waals surface area contributed by atoms with Crippen molar-refractivity contribution < 1.29 is 33.6 Å². The van der Waals surface area contributed by atoms with Crippen molar-refractivity contribution in [3.05, 3.63) is 109 Å². The van der Waals surface area contributed by atoms with Crippen molar-refractivity contribution in [3.8, 4) is 0 Å². The summed E-state index contributed by atoms with van der Waals surface area (Å²) in [6, 6.07) is 31.2. The Morgan fingerprint density at radius 1 is 0.500 bits per heavy atom. The molecule has 0 bridgehead atoms. The molecule has 0 aromatic heterocycles. The average molecular weight is 378 g/mol. The van der Waals surface area contributed by atoms with Gasteiger partial charge in [-0.2, -0.15) is 0 Å². The molecule has 4 heteroatoms. The van der Waals surface area contributed by atoms with Crippen LogP contribution in [0, 0.1) is 12.1 Å². The summed E-state index contributed by atoms with van der Waals surface area (Å²) in [4.78, 5) is 0. The fourth-order valence-electron chi connectivity index (χ4n) is 1.18. The molecular weight excluding hydrogens is 362 g/mol. The summed E-state index contributed by atoms with van der Waals surface area (Å²) in [6.07, 6.45) is 0. The third kappa shape index (κ3) is 13.3. The van der Waals surface area contributed by atoms with Gasteiger partial charge in [-0.25, -0.2) is 0 Å². The van der Waals surface area contributed by atoms with Gasteiger partial charge in [0.1, 0.15) is 0 Å². The predicted molar refractivity (Wildman–Crippen MR) is 85.0 cm³/mol. The SMILES string of the molecule is [Co+2].[Co+2].[NH-]c1ccccc1.[NH-]c1ccccc1.[c-]1cc[c-]cc1. The molecule has 3 aromatic rings. The molecule has 0 atom stereocenters. The molecule has 2 nitrogen and oxygen atoms in total. The molecule has 0 unspecified atom stereocenters. The Hall–Kier alpha value is -1.73. The molecule has 0 spiro atoms. The van der Waals surface area contributed by atoms with Gasteiger partial charge >= 0.3 is 33.6 Å². The topological polar surface area (TPSA) is 47.6 Å². The number of hydrogen-bond acceptors (Lipinski definition) is 0. The molecule has 3 aromatic carbocycles. The first-order valence-electron chi connectivity index (χ1n) is 6.14. The second-order valence-electron chi connectivity index (χ2n) is 3.73. The minimum absolute atomic E-state index is 0. The van der Waals surface area contributed by atoms with Crippen LogP contribution in [-0.2, 0) is 33.6 Å². The fourth-order valence-corrected chi connectivity index (χ4v) is 1.18. The fraction of sp³-hybridized carbons (Fsp3) is 0. The molecule has 0 aliphatic rings. The Bertz CT molecular complexity index is 482. The number of nitrogens with one attached hydrogen (secondary N) is 2. The average Bonchev–Trinajstić information content (AvgIpc) is 2.52. The van der Waals surface area contributed by atoms with E-state index in [1.807, 2.05) is 60.7 Å². The van der Waals surface area contributed by atoms with Gasteiger partial charge in [-0.1, -0.05) is 60.7 Å². The second kappa shape index (κ2) is 15.7. The van der Waals surface area contributed by atoms with Crippen molar-refractivity contribution in [1.29, 1.82) is 0 Å².